The largest absolute Gasteiger partial charge is 0.493 e. The minimum Gasteiger partial charge on any atom is -0.493 e. The average Bonchev–Trinajstić information content (AvgIpc) is 2.47. The Labute approximate surface area is 119 Å². The molecular formula is C15H20ClNO2. The van der Waals surface area contributed by atoms with Crippen molar-refractivity contribution in [3.8, 4) is 5.75 Å². The smallest absolute Gasteiger partial charge is 0.257 e. The van der Waals surface area contributed by atoms with Crippen LogP contribution in [0.3, 0.4) is 0 Å². The molecule has 19 heavy (non-hydrogen) atoms. The van der Waals surface area contributed by atoms with Gasteiger partial charge >= 0.3 is 0 Å². The number of nitrogens with zero attached hydrogens (tertiary/aromatic N) is 1. The Balaban J connectivity index is 2.22. The quantitative estimate of drug-likeness (QED) is 0.793. The summed E-state index contributed by atoms with van der Waals surface area (Å²) in [7, 11) is 0. The molecule has 1 amide bonds. The Kier molecular flexibility index (Phi) is 5.08. The molecule has 1 atom stereocenters. The summed E-state index contributed by atoms with van der Waals surface area (Å²) >= 11 is 5.98. The Bertz CT molecular complexity index is 436. The zero-order valence-corrected chi connectivity index (χ0v) is 12.0. The molecule has 3 nitrogen and oxygen atoms in total. The monoisotopic (exact) mass is 281 g/mol. The molecule has 1 aromatic rings. The first-order valence-electron chi connectivity index (χ1n) is 6.86. The predicted octanol–water partition coefficient (Wildman–Crippen LogP) is 3.32. The van der Waals surface area contributed by atoms with E-state index in [0.29, 0.717) is 23.8 Å². The maximum atomic E-state index is 12.7. The number of likely N-dealkylation sites (tertiary alicyclic amines) is 1. The van der Waals surface area contributed by atoms with Gasteiger partial charge in [-0.05, 0) is 38.3 Å². The molecule has 0 N–H and O–H groups in total. The number of halogens is 1. The van der Waals surface area contributed by atoms with Crippen LogP contribution in [0.5, 0.6) is 5.75 Å². The summed E-state index contributed by atoms with van der Waals surface area (Å²) in [5, 5.41) is 0. The molecule has 0 bridgehead atoms. The van der Waals surface area contributed by atoms with Crippen molar-refractivity contribution in [2.75, 3.05) is 19.0 Å². The molecular weight excluding hydrogens is 262 g/mol. The zero-order chi connectivity index (χ0) is 13.7. The number of rotatable bonds is 4. The standard InChI is InChI=1S/C15H20ClNO2/c1-2-19-14-9-4-3-8-13(14)15(18)17-10-6-5-7-12(17)11-16/h3-4,8-9,12H,2,5-7,10-11H2,1H3. The molecule has 1 fully saturated rings. The zero-order valence-electron chi connectivity index (χ0n) is 11.3. The highest BCUT2D eigenvalue weighted by Crippen LogP contribution is 2.25. The summed E-state index contributed by atoms with van der Waals surface area (Å²) in [5.41, 5.74) is 0.640. The highest BCUT2D eigenvalue weighted by Gasteiger charge is 2.28. The van der Waals surface area contributed by atoms with Gasteiger partial charge in [-0.3, -0.25) is 4.79 Å². The number of piperidine rings is 1. The molecule has 4 heteroatoms. The van der Waals surface area contributed by atoms with Gasteiger partial charge in [-0.1, -0.05) is 12.1 Å². The summed E-state index contributed by atoms with van der Waals surface area (Å²) in [6.07, 6.45) is 3.19. The van der Waals surface area contributed by atoms with Gasteiger partial charge in [-0.15, -0.1) is 11.6 Å². The first-order chi connectivity index (χ1) is 9.27. The number of alkyl halides is 1. The van der Waals surface area contributed by atoms with E-state index in [1.54, 1.807) is 0 Å². The number of para-hydroxylation sites is 1. The molecule has 1 aliphatic heterocycles. The maximum Gasteiger partial charge on any atom is 0.257 e. The van der Waals surface area contributed by atoms with Crippen LogP contribution in [0.15, 0.2) is 24.3 Å². The Morgan fingerprint density at radius 2 is 2.21 bits per heavy atom. The molecule has 1 unspecified atom stereocenters. The molecule has 2 rings (SSSR count). The van der Waals surface area contributed by atoms with E-state index >= 15 is 0 Å². The molecule has 1 aliphatic rings. The average molecular weight is 282 g/mol. The van der Waals surface area contributed by atoms with Crippen molar-refractivity contribution in [1.29, 1.82) is 0 Å². The molecule has 0 aromatic heterocycles. The van der Waals surface area contributed by atoms with E-state index < -0.39 is 0 Å². The number of hydrogen-bond donors (Lipinski definition) is 0. The second-order valence-electron chi connectivity index (χ2n) is 4.73. The normalized spacial score (nSPS) is 19.3. The van der Waals surface area contributed by atoms with Gasteiger partial charge < -0.3 is 9.64 Å². The van der Waals surface area contributed by atoms with Crippen LogP contribution in [0.25, 0.3) is 0 Å². The van der Waals surface area contributed by atoms with E-state index in [-0.39, 0.29) is 11.9 Å². The van der Waals surface area contributed by atoms with Crippen molar-refractivity contribution < 1.29 is 9.53 Å². The van der Waals surface area contributed by atoms with Crippen molar-refractivity contribution in [2.24, 2.45) is 0 Å². The van der Waals surface area contributed by atoms with Gasteiger partial charge in [-0.25, -0.2) is 0 Å². The first kappa shape index (κ1) is 14.2. The topological polar surface area (TPSA) is 29.5 Å². The van der Waals surface area contributed by atoms with Gasteiger partial charge in [0.2, 0.25) is 0 Å². The number of carbonyl (C=O) groups excluding carboxylic acids is 1. The minimum absolute atomic E-state index is 0.0365. The van der Waals surface area contributed by atoms with Crippen molar-refractivity contribution in [3.05, 3.63) is 29.8 Å². The third-order valence-corrected chi connectivity index (χ3v) is 3.84. The SMILES string of the molecule is CCOc1ccccc1C(=O)N1CCCCC1CCl. The van der Waals surface area contributed by atoms with Gasteiger partial charge in [-0.2, -0.15) is 0 Å². The second-order valence-corrected chi connectivity index (χ2v) is 5.04. The van der Waals surface area contributed by atoms with Crippen LogP contribution in [0, 0.1) is 0 Å². The highest BCUT2D eigenvalue weighted by molar-refractivity contribution is 6.18. The predicted molar refractivity (Wildman–Crippen MR) is 77.0 cm³/mol. The van der Waals surface area contributed by atoms with Crippen LogP contribution in [-0.4, -0.2) is 35.9 Å². The van der Waals surface area contributed by atoms with Crippen molar-refractivity contribution in [3.63, 3.8) is 0 Å². The molecule has 104 valence electrons. The Morgan fingerprint density at radius 3 is 2.95 bits per heavy atom. The third kappa shape index (κ3) is 3.21. The Morgan fingerprint density at radius 1 is 1.42 bits per heavy atom. The van der Waals surface area contributed by atoms with Gasteiger partial charge in [0.15, 0.2) is 0 Å². The van der Waals surface area contributed by atoms with E-state index in [4.69, 9.17) is 16.3 Å². The molecule has 0 spiro atoms. The number of amides is 1. The van der Waals surface area contributed by atoms with Crippen LogP contribution in [0.1, 0.15) is 36.5 Å². The van der Waals surface area contributed by atoms with Crippen molar-refractivity contribution in [1.82, 2.24) is 4.90 Å². The summed E-state index contributed by atoms with van der Waals surface area (Å²) in [6.45, 7) is 3.27. The van der Waals surface area contributed by atoms with E-state index in [9.17, 15) is 4.79 Å². The van der Waals surface area contributed by atoms with Crippen molar-refractivity contribution in [2.45, 2.75) is 32.2 Å². The van der Waals surface area contributed by atoms with Crippen LogP contribution >= 0.6 is 11.6 Å². The Hall–Kier alpha value is -1.22. The number of hydrogen-bond acceptors (Lipinski definition) is 2. The lowest BCUT2D eigenvalue weighted by Gasteiger charge is -2.35. The fourth-order valence-corrected chi connectivity index (χ4v) is 2.83. The summed E-state index contributed by atoms with van der Waals surface area (Å²) in [6, 6.07) is 7.58. The third-order valence-electron chi connectivity index (χ3n) is 3.48. The van der Waals surface area contributed by atoms with E-state index in [1.165, 1.54) is 0 Å². The van der Waals surface area contributed by atoms with Gasteiger partial charge in [0.1, 0.15) is 5.75 Å². The molecule has 1 aromatic carbocycles. The second kappa shape index (κ2) is 6.80. The number of ether oxygens (including phenoxy) is 1. The van der Waals surface area contributed by atoms with Crippen LogP contribution < -0.4 is 4.74 Å². The summed E-state index contributed by atoms with van der Waals surface area (Å²) in [5.74, 6) is 1.20. The minimum atomic E-state index is 0.0365. The fraction of sp³-hybridized carbons (Fsp3) is 0.533. The van der Waals surface area contributed by atoms with Crippen molar-refractivity contribution >= 4 is 17.5 Å². The van der Waals surface area contributed by atoms with Crippen LogP contribution in [-0.2, 0) is 0 Å². The summed E-state index contributed by atoms with van der Waals surface area (Å²) < 4.78 is 5.54. The van der Waals surface area contributed by atoms with Crippen LogP contribution in [0.2, 0.25) is 0 Å². The van der Waals surface area contributed by atoms with E-state index in [2.05, 4.69) is 0 Å². The van der Waals surface area contributed by atoms with Gasteiger partial charge in [0, 0.05) is 18.5 Å². The lowest BCUT2D eigenvalue weighted by Crippen LogP contribution is -2.44. The van der Waals surface area contributed by atoms with Gasteiger partial charge in [0.05, 0.1) is 12.2 Å². The highest BCUT2D eigenvalue weighted by atomic mass is 35.5. The van der Waals surface area contributed by atoms with E-state index in [0.717, 1.165) is 25.8 Å². The van der Waals surface area contributed by atoms with Crippen LogP contribution in [0.4, 0.5) is 0 Å². The molecule has 0 radical (unpaired) electrons. The number of benzene rings is 1. The summed E-state index contributed by atoms with van der Waals surface area (Å²) in [4.78, 5) is 14.5. The lowest BCUT2D eigenvalue weighted by atomic mass is 10.0. The van der Waals surface area contributed by atoms with E-state index in [1.807, 2.05) is 36.1 Å². The molecule has 0 aliphatic carbocycles. The fourth-order valence-electron chi connectivity index (χ4n) is 2.51. The first-order valence-corrected chi connectivity index (χ1v) is 7.40. The lowest BCUT2D eigenvalue weighted by molar-refractivity contribution is 0.0635. The molecule has 1 heterocycles. The molecule has 1 saturated heterocycles. The molecule has 0 saturated carbocycles. The number of carbonyl (C=O) groups is 1. The van der Waals surface area contributed by atoms with Gasteiger partial charge in [0.25, 0.3) is 5.91 Å². The maximum absolute atomic E-state index is 12.7.